The standard InChI is InChI=1S/C12H16N2O3S/c1-2-14(6-7-15)18(16,17)10-12-5-3-4-11(8-12)9-13/h3-5,8,15H,2,6-7,10H2,1H3. The molecule has 98 valence electrons. The summed E-state index contributed by atoms with van der Waals surface area (Å²) in [4.78, 5) is 0. The molecule has 5 nitrogen and oxygen atoms in total. The van der Waals surface area contributed by atoms with E-state index < -0.39 is 10.0 Å². The van der Waals surface area contributed by atoms with E-state index in [0.29, 0.717) is 17.7 Å². The number of sulfonamides is 1. The van der Waals surface area contributed by atoms with Gasteiger partial charge < -0.3 is 5.11 Å². The van der Waals surface area contributed by atoms with E-state index in [-0.39, 0.29) is 18.9 Å². The normalized spacial score (nSPS) is 11.4. The van der Waals surface area contributed by atoms with Crippen molar-refractivity contribution in [2.24, 2.45) is 0 Å². The number of aliphatic hydroxyl groups excluding tert-OH is 1. The third-order valence-corrected chi connectivity index (χ3v) is 4.43. The SMILES string of the molecule is CCN(CCO)S(=O)(=O)Cc1cccc(C#N)c1. The van der Waals surface area contributed by atoms with Crippen LogP contribution in [0.4, 0.5) is 0 Å². The highest BCUT2D eigenvalue weighted by Crippen LogP contribution is 2.12. The molecule has 0 saturated carbocycles. The van der Waals surface area contributed by atoms with Crippen LogP contribution in [0.5, 0.6) is 0 Å². The van der Waals surface area contributed by atoms with Crippen molar-refractivity contribution in [2.75, 3.05) is 19.7 Å². The first-order valence-corrected chi connectivity index (χ1v) is 7.22. The van der Waals surface area contributed by atoms with Gasteiger partial charge in [0.1, 0.15) is 0 Å². The fourth-order valence-electron chi connectivity index (χ4n) is 1.64. The molecule has 0 unspecified atom stereocenters. The van der Waals surface area contributed by atoms with Crippen LogP contribution in [0.25, 0.3) is 0 Å². The van der Waals surface area contributed by atoms with Gasteiger partial charge in [-0.25, -0.2) is 8.42 Å². The van der Waals surface area contributed by atoms with Gasteiger partial charge >= 0.3 is 0 Å². The summed E-state index contributed by atoms with van der Waals surface area (Å²) >= 11 is 0. The second kappa shape index (κ2) is 6.50. The molecule has 0 heterocycles. The molecule has 0 aromatic heterocycles. The smallest absolute Gasteiger partial charge is 0.218 e. The summed E-state index contributed by atoms with van der Waals surface area (Å²) in [6.45, 7) is 1.93. The topological polar surface area (TPSA) is 81.4 Å². The molecular weight excluding hydrogens is 252 g/mol. The Balaban J connectivity index is 2.91. The molecule has 6 heteroatoms. The Labute approximate surface area is 107 Å². The largest absolute Gasteiger partial charge is 0.395 e. The van der Waals surface area contributed by atoms with Gasteiger partial charge in [0, 0.05) is 13.1 Å². The van der Waals surface area contributed by atoms with Crippen LogP contribution in [-0.2, 0) is 15.8 Å². The van der Waals surface area contributed by atoms with Crippen LogP contribution in [0.15, 0.2) is 24.3 Å². The first-order chi connectivity index (χ1) is 8.53. The van der Waals surface area contributed by atoms with E-state index in [0.717, 1.165) is 0 Å². The monoisotopic (exact) mass is 268 g/mol. The summed E-state index contributed by atoms with van der Waals surface area (Å²) in [7, 11) is -3.45. The lowest BCUT2D eigenvalue weighted by atomic mass is 10.2. The third-order valence-electron chi connectivity index (χ3n) is 2.50. The van der Waals surface area contributed by atoms with Crippen molar-refractivity contribution in [3.63, 3.8) is 0 Å². The molecule has 0 aliphatic rings. The average molecular weight is 268 g/mol. The second-order valence-electron chi connectivity index (χ2n) is 3.78. The Kier molecular flexibility index (Phi) is 5.28. The number of likely N-dealkylation sites (N-methyl/N-ethyl adjacent to an activating group) is 1. The number of hydrogen-bond donors (Lipinski definition) is 1. The van der Waals surface area contributed by atoms with E-state index in [4.69, 9.17) is 10.4 Å². The zero-order valence-corrected chi connectivity index (χ0v) is 11.0. The van der Waals surface area contributed by atoms with Crippen LogP contribution in [0, 0.1) is 11.3 Å². The number of benzene rings is 1. The van der Waals surface area contributed by atoms with Crippen molar-refractivity contribution in [3.8, 4) is 6.07 Å². The summed E-state index contributed by atoms with van der Waals surface area (Å²) in [6.07, 6.45) is 0. The van der Waals surface area contributed by atoms with E-state index in [1.165, 1.54) is 4.31 Å². The van der Waals surface area contributed by atoms with Gasteiger partial charge in [0.2, 0.25) is 10.0 Å². The van der Waals surface area contributed by atoms with Gasteiger partial charge in [-0.15, -0.1) is 0 Å². The van der Waals surface area contributed by atoms with Crippen LogP contribution >= 0.6 is 0 Å². The molecule has 0 radical (unpaired) electrons. The maximum absolute atomic E-state index is 12.1. The summed E-state index contributed by atoms with van der Waals surface area (Å²) in [5.41, 5.74) is 1.01. The molecule has 0 saturated heterocycles. The zero-order valence-electron chi connectivity index (χ0n) is 10.2. The van der Waals surface area contributed by atoms with Gasteiger partial charge in [-0.3, -0.25) is 0 Å². The summed E-state index contributed by atoms with van der Waals surface area (Å²) in [6, 6.07) is 8.49. The van der Waals surface area contributed by atoms with Crippen molar-refractivity contribution >= 4 is 10.0 Å². The average Bonchev–Trinajstić information content (AvgIpc) is 2.35. The van der Waals surface area contributed by atoms with E-state index >= 15 is 0 Å². The molecule has 0 bridgehead atoms. The molecule has 0 fully saturated rings. The Morgan fingerprint density at radius 1 is 1.44 bits per heavy atom. The highest BCUT2D eigenvalue weighted by atomic mass is 32.2. The van der Waals surface area contributed by atoms with Gasteiger partial charge in [0.25, 0.3) is 0 Å². The Bertz CT molecular complexity index is 534. The van der Waals surface area contributed by atoms with Crippen LogP contribution in [-0.4, -0.2) is 37.5 Å². The minimum atomic E-state index is -3.45. The first kappa shape index (κ1) is 14.6. The molecule has 0 aliphatic carbocycles. The molecule has 1 aromatic carbocycles. The molecule has 0 amide bonds. The molecule has 0 spiro atoms. The number of hydrogen-bond acceptors (Lipinski definition) is 4. The molecule has 1 N–H and O–H groups in total. The highest BCUT2D eigenvalue weighted by molar-refractivity contribution is 7.88. The van der Waals surface area contributed by atoms with Crippen molar-refractivity contribution in [2.45, 2.75) is 12.7 Å². The lowest BCUT2D eigenvalue weighted by Gasteiger charge is -2.19. The third kappa shape index (κ3) is 3.81. The Hall–Kier alpha value is -1.42. The quantitative estimate of drug-likeness (QED) is 0.823. The maximum Gasteiger partial charge on any atom is 0.218 e. The molecule has 1 rings (SSSR count). The van der Waals surface area contributed by atoms with Crippen LogP contribution in [0.2, 0.25) is 0 Å². The van der Waals surface area contributed by atoms with Crippen LogP contribution in [0.3, 0.4) is 0 Å². The van der Waals surface area contributed by atoms with Gasteiger partial charge in [-0.05, 0) is 17.7 Å². The number of rotatable bonds is 6. The van der Waals surface area contributed by atoms with Crippen LogP contribution in [0.1, 0.15) is 18.1 Å². The van der Waals surface area contributed by atoms with Crippen molar-refractivity contribution < 1.29 is 13.5 Å². The fourth-order valence-corrected chi connectivity index (χ4v) is 3.17. The minimum Gasteiger partial charge on any atom is -0.395 e. The summed E-state index contributed by atoms with van der Waals surface area (Å²) in [5, 5.41) is 17.6. The molecule has 18 heavy (non-hydrogen) atoms. The zero-order chi connectivity index (χ0) is 13.6. The van der Waals surface area contributed by atoms with E-state index in [9.17, 15) is 8.42 Å². The van der Waals surface area contributed by atoms with Crippen molar-refractivity contribution in [3.05, 3.63) is 35.4 Å². The summed E-state index contributed by atoms with van der Waals surface area (Å²) < 4.78 is 25.3. The van der Waals surface area contributed by atoms with E-state index in [2.05, 4.69) is 0 Å². The molecule has 0 aliphatic heterocycles. The van der Waals surface area contributed by atoms with Crippen molar-refractivity contribution in [1.29, 1.82) is 5.26 Å². The second-order valence-corrected chi connectivity index (χ2v) is 5.75. The molecular formula is C12H16N2O3S. The van der Waals surface area contributed by atoms with E-state index in [1.54, 1.807) is 31.2 Å². The lowest BCUT2D eigenvalue weighted by molar-refractivity contribution is 0.257. The number of nitriles is 1. The predicted octanol–water partition coefficient (Wildman–Crippen LogP) is 0.702. The van der Waals surface area contributed by atoms with Gasteiger partial charge in [0.05, 0.1) is 24.0 Å². The first-order valence-electron chi connectivity index (χ1n) is 5.61. The molecule has 1 aromatic rings. The van der Waals surface area contributed by atoms with Gasteiger partial charge in [0.15, 0.2) is 0 Å². The Morgan fingerprint density at radius 3 is 2.72 bits per heavy atom. The number of nitrogens with zero attached hydrogens (tertiary/aromatic N) is 2. The van der Waals surface area contributed by atoms with Gasteiger partial charge in [-0.2, -0.15) is 9.57 Å². The Morgan fingerprint density at radius 2 is 2.17 bits per heavy atom. The minimum absolute atomic E-state index is 0.0940. The summed E-state index contributed by atoms with van der Waals surface area (Å²) in [5.74, 6) is -0.156. The maximum atomic E-state index is 12.1. The number of aliphatic hydroxyl groups is 1. The van der Waals surface area contributed by atoms with Gasteiger partial charge in [-0.1, -0.05) is 19.1 Å². The highest BCUT2D eigenvalue weighted by Gasteiger charge is 2.20. The molecule has 0 atom stereocenters. The fraction of sp³-hybridized carbons (Fsp3) is 0.417. The lowest BCUT2D eigenvalue weighted by Crippen LogP contribution is -2.34. The van der Waals surface area contributed by atoms with Crippen molar-refractivity contribution in [1.82, 2.24) is 4.31 Å². The van der Waals surface area contributed by atoms with Crippen LogP contribution < -0.4 is 0 Å². The van der Waals surface area contributed by atoms with E-state index in [1.807, 2.05) is 6.07 Å². The predicted molar refractivity (Wildman–Crippen MR) is 68.1 cm³/mol.